The van der Waals surface area contributed by atoms with Crippen LogP contribution >= 0.6 is 27.5 Å². The number of nitrogens with zero attached hydrogens (tertiary/aromatic N) is 1. The van der Waals surface area contributed by atoms with Crippen LogP contribution in [0.3, 0.4) is 0 Å². The Bertz CT molecular complexity index is 564. The van der Waals surface area contributed by atoms with E-state index in [0.717, 1.165) is 12.1 Å². The van der Waals surface area contributed by atoms with Crippen molar-refractivity contribution in [1.29, 1.82) is 0 Å². The second-order valence-electron chi connectivity index (χ2n) is 4.80. The fourth-order valence-corrected chi connectivity index (χ4v) is 2.85. The van der Waals surface area contributed by atoms with Crippen LogP contribution in [0.5, 0.6) is 0 Å². The van der Waals surface area contributed by atoms with Crippen molar-refractivity contribution in [1.82, 2.24) is 4.90 Å². The molecule has 1 aliphatic rings. The van der Waals surface area contributed by atoms with Crippen LogP contribution in [0.4, 0.5) is 17.6 Å². The molecule has 8 heteroatoms. The highest BCUT2D eigenvalue weighted by molar-refractivity contribution is 9.10. The van der Waals surface area contributed by atoms with Gasteiger partial charge in [0.15, 0.2) is 0 Å². The highest BCUT2D eigenvalue weighted by atomic mass is 79.9. The fourth-order valence-electron chi connectivity index (χ4n) is 2.36. The standard InChI is InChI=1S/C13H11BrClF4NO/c14-8-5-7(10(16)6-9(8)15)12(21)20-4-2-1-3-11(20)13(17,18)19/h5-6,11H,1-4H2. The Hall–Kier alpha value is -0.820. The molecule has 1 heterocycles. The maximum Gasteiger partial charge on any atom is 0.408 e. The Morgan fingerprint density at radius 2 is 2.00 bits per heavy atom. The molecule has 1 aliphatic heterocycles. The van der Waals surface area contributed by atoms with Crippen LogP contribution < -0.4 is 0 Å². The van der Waals surface area contributed by atoms with E-state index in [1.165, 1.54) is 0 Å². The summed E-state index contributed by atoms with van der Waals surface area (Å²) in [7, 11) is 0. The lowest BCUT2D eigenvalue weighted by molar-refractivity contribution is -0.183. The number of rotatable bonds is 1. The number of halogens is 6. The number of piperidine rings is 1. The van der Waals surface area contributed by atoms with Gasteiger partial charge < -0.3 is 4.90 Å². The first-order chi connectivity index (χ1) is 9.71. The van der Waals surface area contributed by atoms with Gasteiger partial charge >= 0.3 is 6.18 Å². The van der Waals surface area contributed by atoms with Gasteiger partial charge in [0.2, 0.25) is 0 Å². The Kier molecular flexibility index (Phi) is 4.82. The minimum Gasteiger partial charge on any atom is -0.326 e. The number of alkyl halides is 3. The van der Waals surface area contributed by atoms with Crippen LogP contribution in [0.1, 0.15) is 29.6 Å². The van der Waals surface area contributed by atoms with Crippen molar-refractivity contribution < 1.29 is 22.4 Å². The summed E-state index contributed by atoms with van der Waals surface area (Å²) in [4.78, 5) is 13.0. The third-order valence-corrected chi connectivity index (χ3v) is 4.58. The van der Waals surface area contributed by atoms with E-state index in [1.54, 1.807) is 0 Å². The van der Waals surface area contributed by atoms with E-state index in [9.17, 15) is 22.4 Å². The molecule has 2 rings (SSSR count). The van der Waals surface area contributed by atoms with Gasteiger partial charge in [-0.2, -0.15) is 13.2 Å². The molecule has 0 saturated carbocycles. The van der Waals surface area contributed by atoms with Gasteiger partial charge in [-0.3, -0.25) is 4.79 Å². The van der Waals surface area contributed by atoms with Crippen molar-refractivity contribution in [3.05, 3.63) is 33.0 Å². The number of amides is 1. The Morgan fingerprint density at radius 1 is 1.33 bits per heavy atom. The van der Waals surface area contributed by atoms with E-state index >= 15 is 0 Å². The summed E-state index contributed by atoms with van der Waals surface area (Å²) in [6.45, 7) is -0.0390. The zero-order valence-corrected chi connectivity index (χ0v) is 13.0. The van der Waals surface area contributed by atoms with Crippen LogP contribution in [0, 0.1) is 5.82 Å². The van der Waals surface area contributed by atoms with Gasteiger partial charge in [-0.15, -0.1) is 0 Å². The lowest BCUT2D eigenvalue weighted by Crippen LogP contribution is -2.51. The van der Waals surface area contributed by atoms with Gasteiger partial charge in [0.25, 0.3) is 5.91 Å². The van der Waals surface area contributed by atoms with Crippen LogP contribution in [-0.4, -0.2) is 29.6 Å². The number of hydrogen-bond acceptors (Lipinski definition) is 1. The molecule has 0 radical (unpaired) electrons. The zero-order valence-electron chi connectivity index (χ0n) is 10.7. The Morgan fingerprint density at radius 3 is 2.62 bits per heavy atom. The largest absolute Gasteiger partial charge is 0.408 e. The molecular weight excluding hydrogens is 377 g/mol. The van der Waals surface area contributed by atoms with E-state index in [-0.39, 0.29) is 22.5 Å². The van der Waals surface area contributed by atoms with Crippen molar-refractivity contribution in [2.45, 2.75) is 31.5 Å². The second-order valence-corrected chi connectivity index (χ2v) is 6.06. The lowest BCUT2D eigenvalue weighted by atomic mass is 10.00. The highest BCUT2D eigenvalue weighted by Crippen LogP contribution is 2.34. The Balaban J connectivity index is 2.36. The first-order valence-corrected chi connectivity index (χ1v) is 7.41. The zero-order chi connectivity index (χ0) is 15.8. The third-order valence-electron chi connectivity index (χ3n) is 3.38. The molecule has 0 aliphatic carbocycles. The summed E-state index contributed by atoms with van der Waals surface area (Å²) in [6, 6.07) is 0.153. The van der Waals surface area contributed by atoms with Crippen LogP contribution in [0.15, 0.2) is 16.6 Å². The summed E-state index contributed by atoms with van der Waals surface area (Å²) in [5.74, 6) is -1.90. The number of carbonyl (C=O) groups is 1. The number of likely N-dealkylation sites (tertiary alicyclic amines) is 1. The van der Waals surface area contributed by atoms with Crippen molar-refractivity contribution in [2.24, 2.45) is 0 Å². The van der Waals surface area contributed by atoms with E-state index in [1.807, 2.05) is 0 Å². The first kappa shape index (κ1) is 16.5. The molecule has 1 unspecified atom stereocenters. The fraction of sp³-hybridized carbons (Fsp3) is 0.462. The molecule has 1 aromatic carbocycles. The van der Waals surface area contributed by atoms with Crippen LogP contribution in [0.25, 0.3) is 0 Å². The molecule has 1 aromatic rings. The first-order valence-electron chi connectivity index (χ1n) is 6.24. The summed E-state index contributed by atoms with van der Waals surface area (Å²) in [6.07, 6.45) is -3.82. The third kappa shape index (κ3) is 3.51. The second kappa shape index (κ2) is 6.12. The van der Waals surface area contributed by atoms with Gasteiger partial charge in [-0.1, -0.05) is 11.6 Å². The van der Waals surface area contributed by atoms with Gasteiger partial charge in [0, 0.05) is 11.0 Å². The molecule has 0 spiro atoms. The Labute approximate surface area is 132 Å². The molecule has 0 N–H and O–H groups in total. The SMILES string of the molecule is O=C(c1cc(Br)c(Cl)cc1F)N1CCCCC1C(F)(F)F. The van der Waals surface area contributed by atoms with Crippen molar-refractivity contribution in [3.63, 3.8) is 0 Å². The number of hydrogen-bond donors (Lipinski definition) is 0. The van der Waals surface area contributed by atoms with Crippen LogP contribution in [0.2, 0.25) is 5.02 Å². The number of benzene rings is 1. The van der Waals surface area contributed by atoms with Crippen molar-refractivity contribution in [2.75, 3.05) is 6.54 Å². The minimum atomic E-state index is -4.52. The van der Waals surface area contributed by atoms with E-state index < -0.39 is 29.5 Å². The topological polar surface area (TPSA) is 20.3 Å². The molecule has 1 fully saturated rings. The van der Waals surface area contributed by atoms with E-state index in [0.29, 0.717) is 17.7 Å². The summed E-state index contributed by atoms with van der Waals surface area (Å²) >= 11 is 8.72. The molecule has 0 aromatic heterocycles. The molecule has 2 nitrogen and oxygen atoms in total. The van der Waals surface area contributed by atoms with E-state index in [2.05, 4.69) is 15.9 Å². The normalized spacial score (nSPS) is 19.7. The molecule has 116 valence electrons. The van der Waals surface area contributed by atoms with Gasteiger partial charge in [-0.05, 0) is 47.3 Å². The molecule has 1 amide bonds. The molecule has 0 bridgehead atoms. The monoisotopic (exact) mass is 387 g/mol. The van der Waals surface area contributed by atoms with Gasteiger partial charge in [0.1, 0.15) is 11.9 Å². The highest BCUT2D eigenvalue weighted by Gasteiger charge is 2.46. The minimum absolute atomic E-state index is 0.0390. The summed E-state index contributed by atoms with van der Waals surface area (Å²) < 4.78 is 53.1. The van der Waals surface area contributed by atoms with Gasteiger partial charge in [-0.25, -0.2) is 4.39 Å². The molecular formula is C13H11BrClF4NO. The quantitative estimate of drug-likeness (QED) is 0.500. The van der Waals surface area contributed by atoms with E-state index in [4.69, 9.17) is 11.6 Å². The maximum absolute atomic E-state index is 13.8. The van der Waals surface area contributed by atoms with Crippen molar-refractivity contribution in [3.8, 4) is 0 Å². The molecule has 1 atom stereocenters. The predicted molar refractivity (Wildman–Crippen MR) is 73.8 cm³/mol. The summed E-state index contributed by atoms with van der Waals surface area (Å²) in [5.41, 5.74) is -0.414. The van der Waals surface area contributed by atoms with Crippen molar-refractivity contribution >= 4 is 33.4 Å². The average molecular weight is 389 g/mol. The maximum atomic E-state index is 13.8. The molecule has 1 saturated heterocycles. The summed E-state index contributed by atoms with van der Waals surface area (Å²) in [5, 5.41) is 0.0510. The smallest absolute Gasteiger partial charge is 0.326 e. The predicted octanol–water partition coefficient (Wildman–Crippen LogP) is 4.80. The van der Waals surface area contributed by atoms with Crippen LogP contribution in [-0.2, 0) is 0 Å². The average Bonchev–Trinajstić information content (AvgIpc) is 2.41. The number of carbonyl (C=O) groups excluding carboxylic acids is 1. The van der Waals surface area contributed by atoms with Gasteiger partial charge in [0.05, 0.1) is 10.6 Å². The molecule has 21 heavy (non-hydrogen) atoms. The lowest BCUT2D eigenvalue weighted by Gasteiger charge is -2.36.